The first kappa shape index (κ1) is 59.4. The fourth-order valence-electron chi connectivity index (χ4n) is 8.36. The molecule has 25 heteroatoms. The molecule has 72 heavy (non-hydrogen) atoms. The minimum atomic E-state index is -1.61. The molecule has 8 amide bonds. The summed E-state index contributed by atoms with van der Waals surface area (Å²) in [5.41, 5.74) is 6.80. The van der Waals surface area contributed by atoms with E-state index in [2.05, 4.69) is 31.9 Å². The Hall–Kier alpha value is -6.89. The van der Waals surface area contributed by atoms with Crippen molar-refractivity contribution in [1.29, 1.82) is 0 Å². The molecule has 0 radical (unpaired) electrons. The van der Waals surface area contributed by atoms with Gasteiger partial charge in [0.25, 0.3) is 0 Å². The lowest BCUT2D eigenvalue weighted by atomic mass is 10.0. The van der Waals surface area contributed by atoms with Gasteiger partial charge in [-0.2, -0.15) is 0 Å². The van der Waals surface area contributed by atoms with E-state index in [1.54, 1.807) is 39.8 Å². The number of phenolic OH excluding ortho intramolecular Hbond substituents is 1. The highest BCUT2D eigenvalue weighted by Gasteiger charge is 2.43. The predicted octanol–water partition coefficient (Wildman–Crippen LogP) is -1.93. The van der Waals surface area contributed by atoms with E-state index >= 15 is 0 Å². The van der Waals surface area contributed by atoms with Crippen molar-refractivity contribution in [1.82, 2.24) is 41.7 Å². The summed E-state index contributed by atoms with van der Waals surface area (Å²) >= 11 is 0. The van der Waals surface area contributed by atoms with Crippen molar-refractivity contribution < 1.29 is 78.3 Å². The van der Waals surface area contributed by atoms with Crippen molar-refractivity contribution in [3.8, 4) is 5.75 Å². The molecule has 1 aromatic rings. The first-order valence-corrected chi connectivity index (χ1v) is 24.0. The van der Waals surface area contributed by atoms with E-state index in [1.807, 2.05) is 0 Å². The Morgan fingerprint density at radius 1 is 0.611 bits per heavy atom. The molecule has 2 saturated heterocycles. The van der Waals surface area contributed by atoms with Crippen LogP contribution in [0.15, 0.2) is 24.3 Å². The van der Waals surface area contributed by atoms with Crippen molar-refractivity contribution in [3.63, 3.8) is 0 Å². The van der Waals surface area contributed by atoms with Crippen molar-refractivity contribution >= 4 is 65.2 Å². The van der Waals surface area contributed by atoms with Crippen LogP contribution >= 0.6 is 0 Å². The molecule has 2 aliphatic rings. The van der Waals surface area contributed by atoms with Crippen LogP contribution in [0, 0.1) is 11.8 Å². The third kappa shape index (κ3) is 17.8. The molecule has 13 N–H and O–H groups in total. The van der Waals surface area contributed by atoms with Crippen LogP contribution in [0.4, 0.5) is 0 Å². The highest BCUT2D eigenvalue weighted by atomic mass is 16.4. The van der Waals surface area contributed by atoms with E-state index in [0.717, 1.165) is 9.80 Å². The molecule has 0 aromatic heterocycles. The van der Waals surface area contributed by atoms with Gasteiger partial charge in [-0.25, -0.2) is 0 Å². The number of nitrogens with two attached hydrogens (primary N) is 1. The first-order valence-electron chi connectivity index (χ1n) is 24.0. The number of aliphatic carboxylic acids is 3. The minimum absolute atomic E-state index is 0.0114. The average molecular weight is 1020 g/mol. The maximum atomic E-state index is 14.3. The smallest absolute Gasteiger partial charge is 0.325 e. The molecule has 10 atom stereocenters. The molecule has 400 valence electrons. The number of aromatic hydroxyl groups is 1. The van der Waals surface area contributed by atoms with Gasteiger partial charge < -0.3 is 73.0 Å². The molecule has 25 nitrogen and oxygen atoms in total. The summed E-state index contributed by atoms with van der Waals surface area (Å²) in [6, 6.07) is -6.15. The molecule has 2 heterocycles. The van der Waals surface area contributed by atoms with Crippen LogP contribution < -0.4 is 37.6 Å². The standard InChI is InChI=1S/C47H71N9O16/c1-23(2)21-32(52-39(63)29(48)22-27-11-13-28(58)14-12-27)40(64)50-30(15-17-35(59)60)45(69)55-19-7-9-33(55)41(65)51-31(16-18-36(61)62)46(70)56-20-8-10-34(56)42(66)53-37(24(3)4)43(67)54-38(26(6)57)44(68)49-25(5)47(71)72/h11-14,23-26,29-34,37-38,57-58H,7-10,15-22,48H2,1-6H3,(H,49,68)(H,50,64)(H,51,65)(H,52,63)(H,53,66)(H,54,67)(H,59,60)(H,61,62)(H,71,72)/t25-,26+,29-,30-,31-,32-,33-,34-,37-,38-/m0/s1. The molecular weight excluding hydrogens is 947 g/mol. The van der Waals surface area contributed by atoms with Crippen LogP contribution in [0.2, 0.25) is 0 Å². The van der Waals surface area contributed by atoms with Gasteiger partial charge in [0.2, 0.25) is 47.3 Å². The van der Waals surface area contributed by atoms with Crippen molar-refractivity contribution in [2.45, 2.75) is 166 Å². The molecule has 0 aliphatic carbocycles. The van der Waals surface area contributed by atoms with Crippen molar-refractivity contribution in [2.75, 3.05) is 13.1 Å². The Bertz CT molecular complexity index is 2140. The summed E-state index contributed by atoms with van der Waals surface area (Å²) in [5.74, 6) is -11.5. The minimum Gasteiger partial charge on any atom is -0.508 e. The zero-order chi connectivity index (χ0) is 54.1. The second kappa shape index (κ2) is 27.6. The van der Waals surface area contributed by atoms with Gasteiger partial charge in [-0.3, -0.25) is 52.7 Å². The summed E-state index contributed by atoms with van der Waals surface area (Å²) in [7, 11) is 0. The van der Waals surface area contributed by atoms with E-state index < -0.39 is 157 Å². The Labute approximate surface area is 416 Å². The number of hydrogen-bond acceptors (Lipinski definition) is 14. The summed E-state index contributed by atoms with van der Waals surface area (Å²) in [4.78, 5) is 147. The van der Waals surface area contributed by atoms with Gasteiger partial charge in [0.05, 0.1) is 12.1 Å². The highest BCUT2D eigenvalue weighted by Crippen LogP contribution is 2.24. The molecular formula is C47H71N9O16. The van der Waals surface area contributed by atoms with Crippen molar-refractivity contribution in [2.24, 2.45) is 17.6 Å². The third-order valence-corrected chi connectivity index (χ3v) is 12.3. The monoisotopic (exact) mass is 1020 g/mol. The molecule has 2 fully saturated rings. The number of hydrogen-bond donors (Lipinski definition) is 12. The van der Waals surface area contributed by atoms with Crippen LogP contribution in [0.25, 0.3) is 0 Å². The fraction of sp³-hybridized carbons (Fsp3) is 0.638. The molecule has 2 aliphatic heterocycles. The lowest BCUT2D eigenvalue weighted by molar-refractivity contribution is -0.145. The van der Waals surface area contributed by atoms with E-state index in [9.17, 15) is 78.3 Å². The number of nitrogens with zero attached hydrogens (tertiary/aromatic N) is 2. The number of phenols is 1. The Kier molecular flexibility index (Phi) is 22.8. The number of amides is 8. The second-order valence-corrected chi connectivity index (χ2v) is 19.1. The number of aliphatic hydroxyl groups excluding tert-OH is 1. The Balaban J connectivity index is 1.80. The Morgan fingerprint density at radius 3 is 1.54 bits per heavy atom. The fourth-order valence-corrected chi connectivity index (χ4v) is 8.36. The number of nitrogens with one attached hydrogen (secondary N) is 6. The maximum Gasteiger partial charge on any atom is 0.325 e. The first-order chi connectivity index (χ1) is 33.7. The van der Waals surface area contributed by atoms with Crippen LogP contribution in [0.3, 0.4) is 0 Å². The van der Waals surface area contributed by atoms with E-state index in [4.69, 9.17) is 5.73 Å². The number of carboxylic acid groups (broad SMARTS) is 3. The highest BCUT2D eigenvalue weighted by molar-refractivity contribution is 5.99. The summed E-state index contributed by atoms with van der Waals surface area (Å²) in [5, 5.41) is 63.1. The molecule has 0 bridgehead atoms. The van der Waals surface area contributed by atoms with E-state index in [-0.39, 0.29) is 63.3 Å². The van der Waals surface area contributed by atoms with Crippen molar-refractivity contribution in [3.05, 3.63) is 29.8 Å². The van der Waals surface area contributed by atoms with Gasteiger partial charge in [-0.15, -0.1) is 0 Å². The summed E-state index contributed by atoms with van der Waals surface area (Å²) in [6.07, 6.45) is -2.65. The quantitative estimate of drug-likeness (QED) is 0.0457. The number of benzene rings is 1. The zero-order valence-corrected chi connectivity index (χ0v) is 41.4. The van der Waals surface area contributed by atoms with Gasteiger partial charge in [-0.05, 0) is 94.7 Å². The van der Waals surface area contributed by atoms with Crippen LogP contribution in [-0.2, 0) is 59.2 Å². The number of likely N-dealkylation sites (tertiary alicyclic amines) is 2. The molecule has 3 rings (SSSR count). The molecule has 0 unspecified atom stereocenters. The molecule has 0 spiro atoms. The van der Waals surface area contributed by atoms with Crippen LogP contribution in [0.1, 0.15) is 105 Å². The number of carbonyl (C=O) groups is 11. The third-order valence-electron chi connectivity index (χ3n) is 12.3. The van der Waals surface area contributed by atoms with Gasteiger partial charge in [0, 0.05) is 25.9 Å². The lowest BCUT2D eigenvalue weighted by Gasteiger charge is -2.33. The normalized spacial score (nSPS) is 18.9. The van der Waals surface area contributed by atoms with Gasteiger partial charge in [-0.1, -0.05) is 39.8 Å². The number of rotatable bonds is 27. The Morgan fingerprint density at radius 2 is 1.08 bits per heavy atom. The number of carbonyl (C=O) groups excluding carboxylic acids is 8. The summed E-state index contributed by atoms with van der Waals surface area (Å²) < 4.78 is 0. The maximum absolute atomic E-state index is 14.3. The summed E-state index contributed by atoms with van der Waals surface area (Å²) in [6.45, 7) is 9.06. The molecule has 0 saturated carbocycles. The predicted molar refractivity (Wildman–Crippen MR) is 254 cm³/mol. The lowest BCUT2D eigenvalue weighted by Crippen LogP contribution is -2.61. The topological polar surface area (TPSA) is 394 Å². The van der Waals surface area contributed by atoms with E-state index in [1.165, 1.54) is 26.0 Å². The van der Waals surface area contributed by atoms with Gasteiger partial charge in [0.1, 0.15) is 54.1 Å². The molecule has 1 aromatic carbocycles. The SMILES string of the molecule is CC(C)C[C@H](NC(=O)[C@@H](N)Cc1ccc(O)cc1)C(=O)N[C@@H](CCC(=O)O)C(=O)N1CCC[C@H]1C(=O)N[C@@H](CCC(=O)O)C(=O)N1CCC[C@H]1C(=O)N[C@H](C(=O)N[C@H](C(=O)N[C@@H](C)C(=O)O)[C@@H](C)O)C(C)C. The van der Waals surface area contributed by atoms with Crippen LogP contribution in [-0.4, -0.2) is 174 Å². The largest absolute Gasteiger partial charge is 0.508 e. The number of aliphatic hydroxyl groups is 1. The zero-order valence-electron chi connectivity index (χ0n) is 41.4. The van der Waals surface area contributed by atoms with E-state index in [0.29, 0.717) is 5.56 Å². The second-order valence-electron chi connectivity index (χ2n) is 19.1. The number of carboxylic acids is 3. The average Bonchev–Trinajstić information content (AvgIpc) is 4.01. The van der Waals surface area contributed by atoms with Gasteiger partial charge in [0.15, 0.2) is 0 Å². The van der Waals surface area contributed by atoms with Gasteiger partial charge >= 0.3 is 17.9 Å². The van der Waals surface area contributed by atoms with Crippen LogP contribution in [0.5, 0.6) is 5.75 Å².